The first-order valence-electron chi connectivity index (χ1n) is 8.66. The van der Waals surface area contributed by atoms with Crippen LogP contribution >= 0.6 is 0 Å². The Balaban J connectivity index is 1.76. The van der Waals surface area contributed by atoms with Gasteiger partial charge in [-0.15, -0.1) is 0 Å². The average molecular weight is 349 g/mol. The number of nitrogens with one attached hydrogen (secondary N) is 1. The maximum Gasteiger partial charge on any atom is 0.270 e. The summed E-state index contributed by atoms with van der Waals surface area (Å²) < 4.78 is 10.8. The highest BCUT2D eigenvalue weighted by Crippen LogP contribution is 2.28. The molecule has 0 aromatic heterocycles. The largest absolute Gasteiger partial charge is 0.376 e. The topological polar surface area (TPSA) is 93.9 Å². The molecule has 0 radical (unpaired) electrons. The molecule has 1 unspecified atom stereocenters. The van der Waals surface area contributed by atoms with E-state index in [1.54, 1.807) is 6.07 Å². The normalized spacial score (nSPS) is 21.0. The van der Waals surface area contributed by atoms with Gasteiger partial charge in [0.25, 0.3) is 11.6 Å². The van der Waals surface area contributed by atoms with Gasteiger partial charge in [-0.1, -0.05) is 0 Å². The second-order valence-electron chi connectivity index (χ2n) is 6.28. The van der Waals surface area contributed by atoms with Crippen LogP contribution in [0.15, 0.2) is 18.2 Å². The van der Waals surface area contributed by atoms with Gasteiger partial charge in [-0.2, -0.15) is 0 Å². The summed E-state index contributed by atoms with van der Waals surface area (Å²) in [7, 11) is 0. The summed E-state index contributed by atoms with van der Waals surface area (Å²) in [6, 6.07) is 4.49. The predicted molar refractivity (Wildman–Crippen MR) is 92.1 cm³/mol. The lowest BCUT2D eigenvalue weighted by Gasteiger charge is -2.30. The van der Waals surface area contributed by atoms with E-state index >= 15 is 0 Å². The standard InChI is InChI=1S/C17H23N3O5/c21-17(18-11-14-12-24-8-9-25-14)15-10-13(20(22)23)4-5-16(15)19-6-2-1-3-7-19/h4-5,10,14H,1-3,6-9,11-12H2,(H,18,21). The third-order valence-corrected chi connectivity index (χ3v) is 4.51. The van der Waals surface area contributed by atoms with E-state index in [2.05, 4.69) is 10.2 Å². The van der Waals surface area contributed by atoms with Gasteiger partial charge < -0.3 is 19.7 Å². The number of piperidine rings is 1. The van der Waals surface area contributed by atoms with Crippen molar-refractivity contribution < 1.29 is 19.2 Å². The lowest BCUT2D eigenvalue weighted by Crippen LogP contribution is -2.40. The van der Waals surface area contributed by atoms with Crippen molar-refractivity contribution in [3.63, 3.8) is 0 Å². The summed E-state index contributed by atoms with van der Waals surface area (Å²) in [5.41, 5.74) is 1.01. The molecule has 25 heavy (non-hydrogen) atoms. The van der Waals surface area contributed by atoms with Gasteiger partial charge in [0.1, 0.15) is 0 Å². The van der Waals surface area contributed by atoms with Crippen LogP contribution in [0.1, 0.15) is 29.6 Å². The van der Waals surface area contributed by atoms with Gasteiger partial charge in [-0.3, -0.25) is 14.9 Å². The minimum Gasteiger partial charge on any atom is -0.376 e. The molecule has 2 heterocycles. The molecule has 0 saturated carbocycles. The van der Waals surface area contributed by atoms with Crippen LogP contribution in [0.5, 0.6) is 0 Å². The van der Waals surface area contributed by atoms with Crippen LogP contribution in [-0.2, 0) is 9.47 Å². The zero-order valence-electron chi connectivity index (χ0n) is 14.1. The maximum absolute atomic E-state index is 12.7. The molecule has 2 aliphatic heterocycles. The number of anilines is 1. The third kappa shape index (κ3) is 4.46. The number of carbonyl (C=O) groups is 1. The highest BCUT2D eigenvalue weighted by molar-refractivity contribution is 6.00. The number of nitro benzene ring substituents is 1. The van der Waals surface area contributed by atoms with Gasteiger partial charge >= 0.3 is 0 Å². The number of carbonyl (C=O) groups excluding carboxylic acids is 1. The van der Waals surface area contributed by atoms with Gasteiger partial charge in [0.2, 0.25) is 0 Å². The monoisotopic (exact) mass is 349 g/mol. The van der Waals surface area contributed by atoms with Crippen molar-refractivity contribution in [2.45, 2.75) is 25.4 Å². The van der Waals surface area contributed by atoms with Gasteiger partial charge in [-0.25, -0.2) is 0 Å². The molecular formula is C17H23N3O5. The minimum absolute atomic E-state index is 0.0804. The van der Waals surface area contributed by atoms with Crippen LogP contribution in [0.3, 0.4) is 0 Å². The molecule has 8 nitrogen and oxygen atoms in total. The second kappa shape index (κ2) is 8.26. The van der Waals surface area contributed by atoms with Crippen LogP contribution in [0.4, 0.5) is 11.4 Å². The van der Waals surface area contributed by atoms with Crippen LogP contribution < -0.4 is 10.2 Å². The van der Waals surface area contributed by atoms with E-state index in [-0.39, 0.29) is 17.7 Å². The number of ether oxygens (including phenoxy) is 2. The first-order valence-corrected chi connectivity index (χ1v) is 8.66. The summed E-state index contributed by atoms with van der Waals surface area (Å²) >= 11 is 0. The number of nitrogens with zero attached hydrogens (tertiary/aromatic N) is 2. The highest BCUT2D eigenvalue weighted by atomic mass is 16.6. The molecule has 2 saturated heterocycles. The molecule has 3 rings (SSSR count). The summed E-state index contributed by atoms with van der Waals surface area (Å²) in [4.78, 5) is 25.4. The SMILES string of the molecule is O=C(NCC1COCCO1)c1cc([N+](=O)[O-])ccc1N1CCCCC1. The summed E-state index contributed by atoms with van der Waals surface area (Å²) in [6.45, 7) is 3.55. The highest BCUT2D eigenvalue weighted by Gasteiger charge is 2.23. The number of non-ortho nitro benzene ring substituents is 1. The van der Waals surface area contributed by atoms with Crippen LogP contribution in [-0.4, -0.2) is 56.4 Å². The Kier molecular flexibility index (Phi) is 5.83. The smallest absolute Gasteiger partial charge is 0.270 e. The zero-order valence-corrected chi connectivity index (χ0v) is 14.1. The average Bonchev–Trinajstić information content (AvgIpc) is 2.67. The molecule has 2 fully saturated rings. The molecule has 0 spiro atoms. The quantitative estimate of drug-likeness (QED) is 0.643. The Morgan fingerprint density at radius 1 is 1.28 bits per heavy atom. The number of hydrogen-bond acceptors (Lipinski definition) is 6. The van der Waals surface area contributed by atoms with E-state index in [1.165, 1.54) is 18.6 Å². The number of nitro groups is 1. The minimum atomic E-state index is -0.477. The lowest BCUT2D eigenvalue weighted by molar-refractivity contribution is -0.384. The molecule has 1 aromatic rings. The number of rotatable bonds is 5. The van der Waals surface area contributed by atoms with E-state index in [0.29, 0.717) is 31.9 Å². The van der Waals surface area contributed by atoms with Crippen molar-refractivity contribution in [1.82, 2.24) is 5.32 Å². The van der Waals surface area contributed by atoms with Crippen molar-refractivity contribution in [3.8, 4) is 0 Å². The van der Waals surface area contributed by atoms with Gasteiger partial charge in [0.05, 0.1) is 42.1 Å². The van der Waals surface area contributed by atoms with Crippen molar-refractivity contribution in [1.29, 1.82) is 0 Å². The molecule has 136 valence electrons. The Morgan fingerprint density at radius 3 is 2.76 bits per heavy atom. The predicted octanol–water partition coefficient (Wildman–Crippen LogP) is 1.73. The molecule has 8 heteroatoms. The van der Waals surface area contributed by atoms with Gasteiger partial charge in [0, 0.05) is 31.8 Å². The molecule has 1 atom stereocenters. The Bertz CT molecular complexity index is 625. The molecule has 1 N–H and O–H groups in total. The molecule has 0 bridgehead atoms. The number of hydrogen-bond donors (Lipinski definition) is 1. The first-order chi connectivity index (χ1) is 12.1. The maximum atomic E-state index is 12.7. The number of benzene rings is 1. The van der Waals surface area contributed by atoms with E-state index in [4.69, 9.17) is 9.47 Å². The van der Waals surface area contributed by atoms with E-state index in [0.717, 1.165) is 31.6 Å². The van der Waals surface area contributed by atoms with Crippen LogP contribution in [0, 0.1) is 10.1 Å². The third-order valence-electron chi connectivity index (χ3n) is 4.51. The lowest BCUT2D eigenvalue weighted by atomic mass is 10.1. The van der Waals surface area contributed by atoms with Gasteiger partial charge in [0.15, 0.2) is 0 Å². The Labute approximate surface area is 146 Å². The molecular weight excluding hydrogens is 326 g/mol. The van der Waals surface area contributed by atoms with Crippen molar-refractivity contribution in [2.75, 3.05) is 44.4 Å². The van der Waals surface area contributed by atoms with Gasteiger partial charge in [-0.05, 0) is 25.3 Å². The zero-order chi connectivity index (χ0) is 17.6. The van der Waals surface area contributed by atoms with Crippen LogP contribution in [0.25, 0.3) is 0 Å². The van der Waals surface area contributed by atoms with E-state index < -0.39 is 4.92 Å². The molecule has 0 aliphatic carbocycles. The fourth-order valence-corrected chi connectivity index (χ4v) is 3.19. The van der Waals surface area contributed by atoms with Crippen molar-refractivity contribution in [3.05, 3.63) is 33.9 Å². The first kappa shape index (κ1) is 17.6. The van der Waals surface area contributed by atoms with Crippen LogP contribution in [0.2, 0.25) is 0 Å². The fourth-order valence-electron chi connectivity index (χ4n) is 3.19. The van der Waals surface area contributed by atoms with E-state index in [1.807, 2.05) is 0 Å². The molecule has 1 aromatic carbocycles. The fraction of sp³-hybridized carbons (Fsp3) is 0.588. The number of amides is 1. The second-order valence-corrected chi connectivity index (χ2v) is 6.28. The van der Waals surface area contributed by atoms with Crippen molar-refractivity contribution in [2.24, 2.45) is 0 Å². The van der Waals surface area contributed by atoms with E-state index in [9.17, 15) is 14.9 Å². The molecule has 2 aliphatic rings. The Morgan fingerprint density at radius 2 is 2.08 bits per heavy atom. The summed E-state index contributed by atoms with van der Waals surface area (Å²) in [5, 5.41) is 13.9. The Hall–Kier alpha value is -2.19. The molecule has 1 amide bonds. The van der Waals surface area contributed by atoms with Crippen molar-refractivity contribution >= 4 is 17.3 Å². The summed E-state index contributed by atoms with van der Waals surface area (Å²) in [5.74, 6) is -0.321. The summed E-state index contributed by atoms with van der Waals surface area (Å²) in [6.07, 6.45) is 3.11.